The summed E-state index contributed by atoms with van der Waals surface area (Å²) in [6, 6.07) is 37.6. The number of para-hydroxylation sites is 2. The van der Waals surface area contributed by atoms with Gasteiger partial charge in [0, 0.05) is 12.2 Å². The quantitative estimate of drug-likeness (QED) is 0.0900. The third-order valence-electron chi connectivity index (χ3n) is 6.49. The lowest BCUT2D eigenvalue weighted by Crippen LogP contribution is -2.67. The van der Waals surface area contributed by atoms with Gasteiger partial charge in [-0.15, -0.1) is 0 Å². The lowest BCUT2D eigenvalue weighted by Gasteiger charge is -2.37. The van der Waals surface area contributed by atoms with Gasteiger partial charge in [-0.1, -0.05) is 110 Å². The van der Waals surface area contributed by atoms with Gasteiger partial charge in [-0.25, -0.2) is 9.59 Å². The predicted octanol–water partition coefficient (Wildman–Crippen LogP) is 4.63. The van der Waals surface area contributed by atoms with E-state index in [1.54, 1.807) is 0 Å². The summed E-state index contributed by atoms with van der Waals surface area (Å²) in [6.45, 7) is 6.83. The number of ether oxygens (including phenoxy) is 4. The van der Waals surface area contributed by atoms with E-state index in [2.05, 4.69) is 13.2 Å². The molecule has 9 heteroatoms. The standard InChI is InChI=1S/C36H36O8Si/c1-3-35(37)41-27-31(25-39-29-17-9-5-10-18-29)43-45(33-21-13-7-14-22-33,34-23-15-8-16-24-34)44-32(28-42-36(38)4-2)26-40-30-19-11-6-12-20-30/h3-24,31-32H,1-2,25-28H2. The molecule has 4 rings (SSSR count). The molecule has 4 aromatic carbocycles. The summed E-state index contributed by atoms with van der Waals surface area (Å²) in [5.41, 5.74) is 0. The topological polar surface area (TPSA) is 89.5 Å². The van der Waals surface area contributed by atoms with E-state index >= 15 is 0 Å². The number of esters is 2. The van der Waals surface area contributed by atoms with Crippen LogP contribution in [0.1, 0.15) is 0 Å². The minimum atomic E-state index is -3.71. The van der Waals surface area contributed by atoms with E-state index in [4.69, 9.17) is 27.8 Å². The van der Waals surface area contributed by atoms with Gasteiger partial charge in [0.25, 0.3) is 0 Å². The van der Waals surface area contributed by atoms with Crippen molar-refractivity contribution in [2.45, 2.75) is 12.2 Å². The average Bonchev–Trinajstić information content (AvgIpc) is 3.11. The van der Waals surface area contributed by atoms with Crippen LogP contribution in [0.4, 0.5) is 0 Å². The van der Waals surface area contributed by atoms with E-state index in [1.807, 2.05) is 121 Å². The number of carbonyl (C=O) groups excluding carboxylic acids is 2. The molecule has 232 valence electrons. The van der Waals surface area contributed by atoms with Crippen molar-refractivity contribution in [1.29, 1.82) is 0 Å². The van der Waals surface area contributed by atoms with Crippen LogP contribution in [0.15, 0.2) is 147 Å². The van der Waals surface area contributed by atoms with E-state index in [1.165, 1.54) is 0 Å². The molecular weight excluding hydrogens is 588 g/mol. The Kier molecular flexibility index (Phi) is 12.7. The Morgan fingerprint density at radius 1 is 0.533 bits per heavy atom. The normalized spacial score (nSPS) is 12.3. The Bertz CT molecular complexity index is 1370. The Hall–Kier alpha value is -4.96. The van der Waals surface area contributed by atoms with Gasteiger partial charge in [0.05, 0.1) is 0 Å². The molecule has 0 bridgehead atoms. The lowest BCUT2D eigenvalue weighted by molar-refractivity contribution is -0.141. The van der Waals surface area contributed by atoms with Crippen molar-refractivity contribution in [3.8, 4) is 11.5 Å². The number of benzene rings is 4. The molecule has 0 spiro atoms. The summed E-state index contributed by atoms with van der Waals surface area (Å²) >= 11 is 0. The monoisotopic (exact) mass is 624 g/mol. The molecule has 45 heavy (non-hydrogen) atoms. The zero-order valence-electron chi connectivity index (χ0n) is 24.9. The third-order valence-corrected chi connectivity index (χ3v) is 10.0. The molecule has 8 nitrogen and oxygen atoms in total. The molecule has 2 atom stereocenters. The molecular formula is C36H36O8Si. The molecule has 0 saturated carbocycles. The van der Waals surface area contributed by atoms with Gasteiger partial charge in [-0.05, 0) is 34.6 Å². The van der Waals surface area contributed by atoms with E-state index in [-0.39, 0.29) is 26.4 Å². The lowest BCUT2D eigenvalue weighted by atomic mass is 10.3. The SMILES string of the molecule is C=CC(=O)OCC(COc1ccccc1)O[Si](OC(COC(=O)C=C)COc1ccccc1)(c1ccccc1)c1ccccc1. The summed E-state index contributed by atoms with van der Waals surface area (Å²) < 4.78 is 37.1. The van der Waals surface area contributed by atoms with Crippen molar-refractivity contribution >= 4 is 30.9 Å². The van der Waals surface area contributed by atoms with Gasteiger partial charge >= 0.3 is 20.5 Å². The van der Waals surface area contributed by atoms with Crippen LogP contribution in [-0.2, 0) is 27.9 Å². The molecule has 0 aliphatic heterocycles. The second-order valence-electron chi connectivity index (χ2n) is 9.74. The van der Waals surface area contributed by atoms with Crippen molar-refractivity contribution < 1.29 is 37.4 Å². The number of hydrogen-bond acceptors (Lipinski definition) is 8. The van der Waals surface area contributed by atoms with Crippen molar-refractivity contribution in [2.75, 3.05) is 26.4 Å². The van der Waals surface area contributed by atoms with Crippen LogP contribution >= 0.6 is 0 Å². The van der Waals surface area contributed by atoms with Crippen molar-refractivity contribution in [1.82, 2.24) is 0 Å². The summed E-state index contributed by atoms with van der Waals surface area (Å²) in [5, 5.41) is 1.55. The average molecular weight is 625 g/mol. The Labute approximate surface area is 264 Å². The van der Waals surface area contributed by atoms with Gasteiger partial charge in [-0.3, -0.25) is 0 Å². The van der Waals surface area contributed by atoms with Crippen LogP contribution < -0.4 is 19.8 Å². The Morgan fingerprint density at radius 2 is 0.867 bits per heavy atom. The van der Waals surface area contributed by atoms with Crippen molar-refractivity contribution in [3.63, 3.8) is 0 Å². The molecule has 2 unspecified atom stereocenters. The van der Waals surface area contributed by atoms with Crippen LogP contribution in [0, 0.1) is 0 Å². The zero-order chi connectivity index (χ0) is 31.7. The molecule has 0 heterocycles. The van der Waals surface area contributed by atoms with Gasteiger partial charge in [0.15, 0.2) is 0 Å². The Morgan fingerprint density at radius 3 is 1.20 bits per heavy atom. The van der Waals surface area contributed by atoms with Gasteiger partial charge in [0.2, 0.25) is 0 Å². The molecule has 0 aliphatic carbocycles. The van der Waals surface area contributed by atoms with E-state index in [9.17, 15) is 9.59 Å². The maximum absolute atomic E-state index is 12.1. The summed E-state index contributed by atoms with van der Waals surface area (Å²) in [5.74, 6) is 0.0567. The minimum absolute atomic E-state index is 0.0445. The minimum Gasteiger partial charge on any atom is -0.491 e. The number of hydrogen-bond donors (Lipinski definition) is 0. The van der Waals surface area contributed by atoms with Gasteiger partial charge in [0.1, 0.15) is 50.1 Å². The molecule has 0 radical (unpaired) electrons. The molecule has 0 N–H and O–H groups in total. The largest absolute Gasteiger partial charge is 0.491 e. The molecule has 0 aromatic heterocycles. The highest BCUT2D eigenvalue weighted by Crippen LogP contribution is 2.19. The number of carbonyl (C=O) groups is 2. The zero-order valence-corrected chi connectivity index (χ0v) is 25.9. The van der Waals surface area contributed by atoms with E-state index < -0.39 is 32.7 Å². The van der Waals surface area contributed by atoms with Gasteiger partial charge < -0.3 is 27.8 Å². The maximum Gasteiger partial charge on any atom is 0.408 e. The fourth-order valence-electron chi connectivity index (χ4n) is 4.36. The van der Waals surface area contributed by atoms with E-state index in [0.29, 0.717) is 11.5 Å². The first-order chi connectivity index (χ1) is 22.0. The molecule has 0 saturated heterocycles. The predicted molar refractivity (Wildman–Crippen MR) is 174 cm³/mol. The highest BCUT2D eigenvalue weighted by molar-refractivity contribution is 6.92. The van der Waals surface area contributed by atoms with Gasteiger partial charge in [-0.2, -0.15) is 0 Å². The first-order valence-electron chi connectivity index (χ1n) is 14.4. The fourth-order valence-corrected chi connectivity index (χ4v) is 7.77. The van der Waals surface area contributed by atoms with Crippen LogP contribution in [0.3, 0.4) is 0 Å². The smallest absolute Gasteiger partial charge is 0.408 e. The first kappa shape index (κ1) is 32.9. The summed E-state index contributed by atoms with van der Waals surface area (Å²) in [4.78, 5) is 24.3. The first-order valence-corrected chi connectivity index (χ1v) is 16.2. The second-order valence-corrected chi connectivity index (χ2v) is 12.6. The molecule has 0 fully saturated rings. The maximum atomic E-state index is 12.1. The van der Waals surface area contributed by atoms with Crippen molar-refractivity contribution in [2.24, 2.45) is 0 Å². The Balaban J connectivity index is 1.75. The highest BCUT2D eigenvalue weighted by atomic mass is 28.4. The van der Waals surface area contributed by atoms with Crippen LogP contribution in [0.2, 0.25) is 0 Å². The van der Waals surface area contributed by atoms with Crippen molar-refractivity contribution in [3.05, 3.63) is 147 Å². The number of rotatable bonds is 18. The third kappa shape index (κ3) is 10.0. The van der Waals surface area contributed by atoms with Crippen LogP contribution in [0.5, 0.6) is 11.5 Å². The van der Waals surface area contributed by atoms with Crippen LogP contribution in [-0.4, -0.2) is 59.1 Å². The fraction of sp³-hybridized carbons (Fsp3) is 0.167. The van der Waals surface area contributed by atoms with Crippen LogP contribution in [0.25, 0.3) is 0 Å². The van der Waals surface area contributed by atoms with E-state index in [0.717, 1.165) is 22.5 Å². The molecule has 4 aromatic rings. The molecule has 0 aliphatic rings. The molecule has 0 amide bonds. The highest BCUT2D eigenvalue weighted by Gasteiger charge is 2.47. The summed E-state index contributed by atoms with van der Waals surface area (Å²) in [6.07, 6.45) is 0.644. The second kappa shape index (κ2) is 17.4. The summed E-state index contributed by atoms with van der Waals surface area (Å²) in [7, 11) is -3.71.